The van der Waals surface area contributed by atoms with Crippen molar-refractivity contribution in [2.24, 2.45) is 5.10 Å². The zero-order chi connectivity index (χ0) is 14.6. The molecule has 2 aromatic rings. The van der Waals surface area contributed by atoms with Crippen LogP contribution in [-0.2, 0) is 6.18 Å². The van der Waals surface area contributed by atoms with Gasteiger partial charge in [0.1, 0.15) is 11.6 Å². The Morgan fingerprint density at radius 1 is 1.05 bits per heavy atom. The first kappa shape index (κ1) is 14.0. The van der Waals surface area contributed by atoms with E-state index in [9.17, 15) is 17.6 Å². The summed E-state index contributed by atoms with van der Waals surface area (Å²) in [6, 6.07) is 7.66. The highest BCUT2D eigenvalue weighted by molar-refractivity contribution is 5.79. The molecule has 0 spiro atoms. The normalized spacial score (nSPS) is 11.8. The number of alkyl halides is 3. The maximum Gasteiger partial charge on any atom is 0.417 e. The lowest BCUT2D eigenvalue weighted by atomic mass is 10.2. The third-order valence-electron chi connectivity index (χ3n) is 2.35. The number of nitrogens with one attached hydrogen (secondary N) is 1. The number of hydrogen-bond acceptors (Lipinski definition) is 3. The highest BCUT2D eigenvalue weighted by atomic mass is 19.4. The van der Waals surface area contributed by atoms with E-state index in [2.05, 4.69) is 15.5 Å². The Balaban J connectivity index is 1.99. The number of hydrogen-bond donors (Lipinski definition) is 1. The molecule has 0 radical (unpaired) electrons. The summed E-state index contributed by atoms with van der Waals surface area (Å²) in [6.07, 6.45) is -2.29. The van der Waals surface area contributed by atoms with Crippen molar-refractivity contribution >= 4 is 12.0 Å². The van der Waals surface area contributed by atoms with Crippen molar-refractivity contribution in [1.29, 1.82) is 0 Å². The van der Waals surface area contributed by atoms with Crippen LogP contribution in [0.25, 0.3) is 0 Å². The second-order valence-electron chi connectivity index (χ2n) is 3.85. The predicted octanol–water partition coefficient (Wildman–Crippen LogP) is 3.69. The minimum atomic E-state index is -4.41. The zero-order valence-corrected chi connectivity index (χ0v) is 10.0. The molecular weight excluding hydrogens is 274 g/mol. The first-order valence-electron chi connectivity index (χ1n) is 5.53. The maximum absolute atomic E-state index is 12.6. The van der Waals surface area contributed by atoms with Crippen LogP contribution in [0.1, 0.15) is 11.1 Å². The molecule has 1 aromatic carbocycles. The molecule has 0 fully saturated rings. The smallest absolute Gasteiger partial charge is 0.261 e. The first-order valence-corrected chi connectivity index (χ1v) is 5.53. The van der Waals surface area contributed by atoms with E-state index in [1.807, 2.05) is 0 Å². The molecule has 0 saturated heterocycles. The molecule has 3 nitrogen and oxygen atoms in total. The molecule has 0 atom stereocenters. The minimum Gasteiger partial charge on any atom is -0.261 e. The fraction of sp³-hybridized carbons (Fsp3) is 0.0769. The highest BCUT2D eigenvalue weighted by Crippen LogP contribution is 2.28. The van der Waals surface area contributed by atoms with Gasteiger partial charge < -0.3 is 0 Å². The topological polar surface area (TPSA) is 37.3 Å². The van der Waals surface area contributed by atoms with Crippen molar-refractivity contribution < 1.29 is 17.6 Å². The second kappa shape index (κ2) is 5.68. The number of nitrogens with zero attached hydrogens (tertiary/aromatic N) is 2. The van der Waals surface area contributed by atoms with Gasteiger partial charge in [-0.2, -0.15) is 18.3 Å². The van der Waals surface area contributed by atoms with Gasteiger partial charge in [0.15, 0.2) is 0 Å². The number of halogens is 4. The van der Waals surface area contributed by atoms with Gasteiger partial charge in [-0.3, -0.25) is 5.43 Å². The average molecular weight is 283 g/mol. The van der Waals surface area contributed by atoms with Gasteiger partial charge in [-0.25, -0.2) is 9.37 Å². The van der Waals surface area contributed by atoms with Crippen LogP contribution < -0.4 is 5.43 Å². The molecule has 104 valence electrons. The van der Waals surface area contributed by atoms with Crippen molar-refractivity contribution in [3.63, 3.8) is 0 Å². The molecule has 7 heteroatoms. The molecule has 0 amide bonds. The number of rotatable bonds is 3. The van der Waals surface area contributed by atoms with Crippen LogP contribution in [0.5, 0.6) is 0 Å². The molecule has 0 saturated carbocycles. The van der Waals surface area contributed by atoms with Gasteiger partial charge in [0.25, 0.3) is 0 Å². The third-order valence-corrected chi connectivity index (χ3v) is 2.35. The molecule has 1 heterocycles. The molecule has 2 rings (SSSR count). The lowest BCUT2D eigenvalue weighted by molar-refractivity contribution is -0.137. The Morgan fingerprint density at radius 2 is 1.75 bits per heavy atom. The van der Waals surface area contributed by atoms with Crippen LogP contribution >= 0.6 is 0 Å². The van der Waals surface area contributed by atoms with Crippen LogP contribution in [0.4, 0.5) is 23.4 Å². The molecule has 0 bridgehead atoms. The van der Waals surface area contributed by atoms with E-state index < -0.39 is 11.7 Å². The zero-order valence-electron chi connectivity index (χ0n) is 10.0. The van der Waals surface area contributed by atoms with E-state index >= 15 is 0 Å². The number of anilines is 1. The summed E-state index contributed by atoms with van der Waals surface area (Å²) in [6.45, 7) is 0. The summed E-state index contributed by atoms with van der Waals surface area (Å²) in [5.74, 6) is -0.184. The van der Waals surface area contributed by atoms with Crippen molar-refractivity contribution in [1.82, 2.24) is 4.98 Å². The number of benzene rings is 1. The monoisotopic (exact) mass is 283 g/mol. The van der Waals surface area contributed by atoms with Gasteiger partial charge in [-0.05, 0) is 29.8 Å². The first-order chi connectivity index (χ1) is 9.45. The van der Waals surface area contributed by atoms with E-state index in [0.29, 0.717) is 5.56 Å². The summed E-state index contributed by atoms with van der Waals surface area (Å²) in [7, 11) is 0. The van der Waals surface area contributed by atoms with E-state index in [0.717, 1.165) is 12.3 Å². The van der Waals surface area contributed by atoms with E-state index in [1.54, 1.807) is 0 Å². The molecule has 1 N–H and O–H groups in total. The highest BCUT2D eigenvalue weighted by Gasteiger charge is 2.30. The van der Waals surface area contributed by atoms with Gasteiger partial charge in [-0.1, -0.05) is 12.1 Å². The van der Waals surface area contributed by atoms with Crippen molar-refractivity contribution in [2.45, 2.75) is 6.18 Å². The summed E-state index contributed by atoms with van der Waals surface area (Å²) >= 11 is 0. The van der Waals surface area contributed by atoms with Crippen LogP contribution in [0.3, 0.4) is 0 Å². The Hall–Kier alpha value is -2.44. The Labute approximate surface area is 112 Å². The van der Waals surface area contributed by atoms with Gasteiger partial charge in [0.05, 0.1) is 11.8 Å². The molecular formula is C13H9F4N3. The van der Waals surface area contributed by atoms with Crippen LogP contribution in [-0.4, -0.2) is 11.2 Å². The van der Waals surface area contributed by atoms with E-state index in [4.69, 9.17) is 0 Å². The minimum absolute atomic E-state index is 0.177. The number of pyridine rings is 1. The Bertz CT molecular complexity index is 589. The van der Waals surface area contributed by atoms with E-state index in [1.165, 1.54) is 36.5 Å². The summed E-state index contributed by atoms with van der Waals surface area (Å²) < 4.78 is 49.6. The number of aromatic nitrogens is 1. The standard InChI is InChI=1S/C13H9F4N3/c14-11-4-1-9(2-5-11)7-19-20-12-6-3-10(8-18-12)13(15,16)17/h1-8H,(H,18,20)/b19-7+. The van der Waals surface area contributed by atoms with Gasteiger partial charge >= 0.3 is 6.18 Å². The predicted molar refractivity (Wildman–Crippen MR) is 66.9 cm³/mol. The Morgan fingerprint density at radius 3 is 2.30 bits per heavy atom. The van der Waals surface area contributed by atoms with Crippen LogP contribution in [0.2, 0.25) is 0 Å². The molecule has 1 aromatic heterocycles. The summed E-state index contributed by atoms with van der Waals surface area (Å²) in [4.78, 5) is 3.59. The lowest BCUT2D eigenvalue weighted by Crippen LogP contribution is -2.05. The van der Waals surface area contributed by atoms with Gasteiger partial charge in [0, 0.05) is 6.20 Å². The molecule has 0 aliphatic rings. The SMILES string of the molecule is Fc1ccc(/C=N/Nc2ccc(C(F)(F)F)cn2)cc1. The van der Waals surface area contributed by atoms with Crippen LogP contribution in [0, 0.1) is 5.82 Å². The fourth-order valence-electron chi connectivity index (χ4n) is 1.35. The van der Waals surface area contributed by atoms with Crippen molar-refractivity contribution in [3.05, 3.63) is 59.5 Å². The third kappa shape index (κ3) is 3.78. The van der Waals surface area contributed by atoms with Crippen molar-refractivity contribution in [2.75, 3.05) is 5.43 Å². The summed E-state index contributed by atoms with van der Waals surface area (Å²) in [5.41, 5.74) is 2.30. The molecule has 0 unspecified atom stereocenters. The molecule has 0 aliphatic heterocycles. The molecule has 20 heavy (non-hydrogen) atoms. The quantitative estimate of drug-likeness (QED) is 0.530. The maximum atomic E-state index is 12.6. The fourth-order valence-corrected chi connectivity index (χ4v) is 1.35. The van der Waals surface area contributed by atoms with Gasteiger partial charge in [0.2, 0.25) is 0 Å². The number of hydrazone groups is 1. The largest absolute Gasteiger partial charge is 0.417 e. The van der Waals surface area contributed by atoms with Gasteiger partial charge in [-0.15, -0.1) is 0 Å². The second-order valence-corrected chi connectivity index (χ2v) is 3.85. The Kier molecular flexibility index (Phi) is 3.97. The summed E-state index contributed by atoms with van der Waals surface area (Å²) in [5, 5.41) is 3.79. The van der Waals surface area contributed by atoms with E-state index in [-0.39, 0.29) is 11.6 Å². The molecule has 0 aliphatic carbocycles. The lowest BCUT2D eigenvalue weighted by Gasteiger charge is -2.06. The van der Waals surface area contributed by atoms with Crippen LogP contribution in [0.15, 0.2) is 47.7 Å². The average Bonchev–Trinajstić information content (AvgIpc) is 2.41. The van der Waals surface area contributed by atoms with Crippen molar-refractivity contribution in [3.8, 4) is 0 Å².